The highest BCUT2D eigenvalue weighted by Gasteiger charge is 2.37. The highest BCUT2D eigenvalue weighted by atomic mass is 19.4. The van der Waals surface area contributed by atoms with Crippen LogP contribution < -0.4 is 0 Å². The molecule has 186 valence electrons. The molecule has 32 heavy (non-hydrogen) atoms. The third kappa shape index (κ3) is 37.4. The van der Waals surface area contributed by atoms with Crippen LogP contribution in [-0.4, -0.2) is 66.2 Å². The minimum absolute atomic E-state index is 0.347. The number of rotatable bonds is 6. The third-order valence-electron chi connectivity index (χ3n) is 2.13. The van der Waals surface area contributed by atoms with Crippen molar-refractivity contribution in [1.82, 2.24) is 0 Å². The average molecular weight is 470 g/mol. The molecule has 0 radical (unpaired) electrons. The summed E-state index contributed by atoms with van der Waals surface area (Å²) in [5.74, 6) is -2.19. The summed E-state index contributed by atoms with van der Waals surface area (Å²) in [6.07, 6.45) is -0.493. The normalized spacial score (nSPS) is 8.16. The van der Waals surface area contributed by atoms with Gasteiger partial charge in [0.2, 0.25) is 0 Å². The second kappa shape index (κ2) is 27.7. The van der Waals surface area contributed by atoms with E-state index in [0.717, 1.165) is 13.2 Å². The van der Waals surface area contributed by atoms with Gasteiger partial charge in [-0.15, -0.1) is 6.58 Å². The molecule has 0 N–H and O–H groups in total. The molecule has 0 atom stereocenters. The fourth-order valence-electron chi connectivity index (χ4n) is 0.614. The van der Waals surface area contributed by atoms with E-state index in [1.165, 1.54) is 20.5 Å². The van der Waals surface area contributed by atoms with Gasteiger partial charge in [0.05, 0.1) is 41.3 Å². The SMILES string of the molecule is C=C(C(=O)OC)C(F)(F)F.C=C(C)C(=O)OC.C=CC(=O)OC.C=CCOC.C=COC. The lowest BCUT2D eigenvalue weighted by Crippen LogP contribution is -2.19. The first-order valence-electron chi connectivity index (χ1n) is 8.24. The van der Waals surface area contributed by atoms with E-state index in [1.54, 1.807) is 27.2 Å². The van der Waals surface area contributed by atoms with Crippen LogP contribution in [0.1, 0.15) is 6.92 Å². The summed E-state index contributed by atoms with van der Waals surface area (Å²) < 4.78 is 55.5. The van der Waals surface area contributed by atoms with Crippen LogP contribution in [0, 0.1) is 0 Å². The highest BCUT2D eigenvalue weighted by Crippen LogP contribution is 2.24. The maximum absolute atomic E-state index is 11.5. The second-order valence-corrected chi connectivity index (χ2v) is 4.61. The van der Waals surface area contributed by atoms with Gasteiger partial charge in [-0.05, 0) is 6.92 Å². The molecule has 0 rings (SSSR count). The molecule has 0 unspecified atom stereocenters. The van der Waals surface area contributed by atoms with Crippen LogP contribution in [0.2, 0.25) is 0 Å². The van der Waals surface area contributed by atoms with Crippen LogP contribution in [0.15, 0.2) is 62.5 Å². The number of ether oxygens (including phenoxy) is 5. The Morgan fingerprint density at radius 2 is 1.25 bits per heavy atom. The maximum Gasteiger partial charge on any atom is 0.422 e. The summed E-state index contributed by atoms with van der Waals surface area (Å²) in [7, 11) is 6.70. The largest absolute Gasteiger partial charge is 0.505 e. The van der Waals surface area contributed by atoms with Crippen molar-refractivity contribution in [2.75, 3.05) is 42.2 Å². The smallest absolute Gasteiger partial charge is 0.422 e. The van der Waals surface area contributed by atoms with Gasteiger partial charge < -0.3 is 23.7 Å². The summed E-state index contributed by atoms with van der Waals surface area (Å²) in [5.41, 5.74) is -1.06. The van der Waals surface area contributed by atoms with Crippen molar-refractivity contribution in [3.8, 4) is 0 Å². The molecule has 0 heterocycles. The van der Waals surface area contributed by atoms with Crippen molar-refractivity contribution < 1.29 is 51.2 Å². The molecule has 8 nitrogen and oxygen atoms in total. The molecule has 0 spiro atoms. The molecule has 0 saturated heterocycles. The summed E-state index contributed by atoms with van der Waals surface area (Å²) in [6, 6.07) is 0. The van der Waals surface area contributed by atoms with Crippen LogP contribution in [0.3, 0.4) is 0 Å². The second-order valence-electron chi connectivity index (χ2n) is 4.61. The van der Waals surface area contributed by atoms with Crippen molar-refractivity contribution in [1.29, 1.82) is 0 Å². The van der Waals surface area contributed by atoms with Gasteiger partial charge in [-0.1, -0.05) is 32.4 Å². The fraction of sp³-hybridized carbons (Fsp3) is 0.381. The molecular formula is C21H33F3O8. The minimum atomic E-state index is -4.69. The van der Waals surface area contributed by atoms with Gasteiger partial charge in [0, 0.05) is 18.8 Å². The monoisotopic (exact) mass is 470 g/mol. The van der Waals surface area contributed by atoms with Crippen molar-refractivity contribution >= 4 is 17.9 Å². The quantitative estimate of drug-likeness (QED) is 0.189. The number of carbonyl (C=O) groups is 3. The number of alkyl halides is 3. The summed E-state index contributed by atoms with van der Waals surface area (Å²) >= 11 is 0. The van der Waals surface area contributed by atoms with E-state index >= 15 is 0 Å². The maximum atomic E-state index is 11.5. The molecular weight excluding hydrogens is 437 g/mol. The summed E-state index contributed by atoms with van der Waals surface area (Å²) in [5, 5.41) is 0. The van der Waals surface area contributed by atoms with Crippen molar-refractivity contribution in [2.24, 2.45) is 0 Å². The summed E-state index contributed by atoms with van der Waals surface area (Å²) in [4.78, 5) is 30.1. The Kier molecular flexibility index (Phi) is 33.9. The molecule has 0 aliphatic carbocycles. The van der Waals surface area contributed by atoms with Crippen LogP contribution in [0.5, 0.6) is 0 Å². The number of methoxy groups -OCH3 is 5. The predicted octanol–water partition coefficient (Wildman–Crippen LogP) is 3.95. The van der Waals surface area contributed by atoms with Gasteiger partial charge >= 0.3 is 24.1 Å². The lowest BCUT2D eigenvalue weighted by Gasteiger charge is -2.05. The molecule has 0 aromatic heterocycles. The van der Waals surface area contributed by atoms with E-state index in [4.69, 9.17) is 0 Å². The third-order valence-corrected chi connectivity index (χ3v) is 2.13. The molecule has 0 aliphatic heterocycles. The Hall–Kier alpha value is -3.34. The van der Waals surface area contributed by atoms with Crippen LogP contribution >= 0.6 is 0 Å². The van der Waals surface area contributed by atoms with Crippen molar-refractivity contribution in [3.63, 3.8) is 0 Å². The first-order chi connectivity index (χ1) is 14.7. The van der Waals surface area contributed by atoms with Gasteiger partial charge in [0.15, 0.2) is 0 Å². The molecule has 0 amide bonds. The van der Waals surface area contributed by atoms with E-state index < -0.39 is 23.7 Å². The van der Waals surface area contributed by atoms with Gasteiger partial charge in [0.1, 0.15) is 5.57 Å². The van der Waals surface area contributed by atoms with Gasteiger partial charge in [-0.2, -0.15) is 13.2 Å². The van der Waals surface area contributed by atoms with Crippen LogP contribution in [0.25, 0.3) is 0 Å². The standard InChI is InChI=1S/C5H5F3O2.C5H8O2.C4H6O2.C4H8O.C3H6O/c1-3(4(9)10-2)5(6,7)8;1-4(2)5(6)7-3;1-3-4(5)6-2;1-3-4-5-2;1-3-4-2/h1H2,2H3;1H2,2-3H3;3H,1H2,2H3;3H,1,4H2,2H3;3H,1H2,2H3. The molecule has 0 aliphatic rings. The molecule has 0 fully saturated rings. The highest BCUT2D eigenvalue weighted by molar-refractivity contribution is 5.89. The molecule has 0 aromatic rings. The Balaban J connectivity index is -0.0000000987. The van der Waals surface area contributed by atoms with Gasteiger partial charge in [0.25, 0.3) is 0 Å². The van der Waals surface area contributed by atoms with Gasteiger partial charge in [-0.25, -0.2) is 14.4 Å². The number of hydrogen-bond acceptors (Lipinski definition) is 8. The molecule has 11 heteroatoms. The number of halogens is 3. The van der Waals surface area contributed by atoms with Crippen LogP contribution in [-0.2, 0) is 38.1 Å². The fourth-order valence-corrected chi connectivity index (χ4v) is 0.614. The minimum Gasteiger partial charge on any atom is -0.505 e. The van der Waals surface area contributed by atoms with E-state index in [9.17, 15) is 27.6 Å². The molecule has 0 bridgehead atoms. The zero-order valence-corrected chi connectivity index (χ0v) is 19.4. The lowest BCUT2D eigenvalue weighted by molar-refractivity contribution is -0.148. The van der Waals surface area contributed by atoms with E-state index in [-0.39, 0.29) is 5.97 Å². The van der Waals surface area contributed by atoms with Crippen molar-refractivity contribution in [2.45, 2.75) is 13.1 Å². The van der Waals surface area contributed by atoms with E-state index in [0.29, 0.717) is 12.2 Å². The Morgan fingerprint density at radius 1 is 0.844 bits per heavy atom. The van der Waals surface area contributed by atoms with Gasteiger partial charge in [-0.3, -0.25) is 0 Å². The molecule has 0 saturated carbocycles. The Labute approximate surface area is 187 Å². The number of carbonyl (C=O) groups excluding carboxylic acids is 3. The Morgan fingerprint density at radius 3 is 1.28 bits per heavy atom. The topological polar surface area (TPSA) is 97.4 Å². The van der Waals surface area contributed by atoms with Crippen LogP contribution in [0.4, 0.5) is 13.2 Å². The zero-order valence-electron chi connectivity index (χ0n) is 19.4. The van der Waals surface area contributed by atoms with E-state index in [2.05, 4.69) is 56.6 Å². The lowest BCUT2D eigenvalue weighted by atomic mass is 10.3. The zero-order chi connectivity index (χ0) is 26.8. The number of esters is 3. The predicted molar refractivity (Wildman–Crippen MR) is 116 cm³/mol. The average Bonchev–Trinajstić information content (AvgIpc) is 2.77. The van der Waals surface area contributed by atoms with Crippen molar-refractivity contribution in [3.05, 3.63) is 62.5 Å². The van der Waals surface area contributed by atoms with E-state index in [1.807, 2.05) is 0 Å². The summed E-state index contributed by atoms with van der Waals surface area (Å²) in [6.45, 7) is 17.9. The number of hydrogen-bond donors (Lipinski definition) is 0. The molecule has 0 aromatic carbocycles. The first-order valence-corrected chi connectivity index (χ1v) is 8.24. The Bertz CT molecular complexity index is 582. The first kappa shape index (κ1) is 39.2.